The quantitative estimate of drug-likeness (QED) is 0.751. The Hall–Kier alpha value is -2.48. The Bertz CT molecular complexity index is 922. The van der Waals surface area contributed by atoms with Crippen LogP contribution in [0.25, 0.3) is 5.82 Å². The second-order valence-corrected chi connectivity index (χ2v) is 9.33. The van der Waals surface area contributed by atoms with Gasteiger partial charge < -0.3 is 9.80 Å². The van der Waals surface area contributed by atoms with Gasteiger partial charge in [-0.2, -0.15) is 5.10 Å². The molecule has 0 radical (unpaired) electrons. The minimum Gasteiger partial charge on any atom is -0.355 e. The van der Waals surface area contributed by atoms with E-state index in [1.165, 1.54) is 32.1 Å². The van der Waals surface area contributed by atoms with E-state index in [4.69, 9.17) is 0 Å². The van der Waals surface area contributed by atoms with Gasteiger partial charge in [-0.1, -0.05) is 19.3 Å². The summed E-state index contributed by atoms with van der Waals surface area (Å²) in [5.41, 5.74) is 2.02. The second-order valence-electron chi connectivity index (χ2n) is 9.33. The summed E-state index contributed by atoms with van der Waals surface area (Å²) in [5.74, 6) is 2.02. The molecule has 4 heterocycles. The minimum atomic E-state index is 0.0772. The number of rotatable bonds is 4. The molecule has 8 heteroatoms. The van der Waals surface area contributed by atoms with Crippen LogP contribution in [0.4, 0.5) is 5.82 Å². The molecule has 2 saturated heterocycles. The van der Waals surface area contributed by atoms with Crippen molar-refractivity contribution >= 4 is 11.7 Å². The van der Waals surface area contributed by atoms with Gasteiger partial charge in [0.05, 0.1) is 11.6 Å². The van der Waals surface area contributed by atoms with E-state index in [9.17, 15) is 4.79 Å². The molecule has 1 saturated carbocycles. The van der Waals surface area contributed by atoms with Crippen molar-refractivity contribution in [3.8, 4) is 5.82 Å². The molecule has 3 aliphatic rings. The number of carbonyl (C=O) groups is 1. The monoisotopic (exact) mass is 423 g/mol. The van der Waals surface area contributed by atoms with E-state index < -0.39 is 0 Å². The molecule has 1 aliphatic carbocycles. The number of nitrogens with zero attached hydrogens (tertiary/aromatic N) is 7. The van der Waals surface area contributed by atoms with Crippen LogP contribution in [0.5, 0.6) is 0 Å². The van der Waals surface area contributed by atoms with Gasteiger partial charge in [0.1, 0.15) is 12.1 Å². The lowest BCUT2D eigenvalue weighted by atomic mass is 9.93. The van der Waals surface area contributed by atoms with Crippen molar-refractivity contribution in [2.75, 3.05) is 44.2 Å². The van der Waals surface area contributed by atoms with E-state index >= 15 is 0 Å². The highest BCUT2D eigenvalue weighted by atomic mass is 16.2. The number of aryl methyl sites for hydroxylation is 2. The molecule has 2 aromatic heterocycles. The van der Waals surface area contributed by atoms with Crippen LogP contribution in [0, 0.1) is 19.8 Å². The molecule has 5 rings (SSSR count). The topological polar surface area (TPSA) is 70.4 Å². The van der Waals surface area contributed by atoms with Gasteiger partial charge in [0.2, 0.25) is 5.91 Å². The van der Waals surface area contributed by atoms with Crippen LogP contribution in [0.15, 0.2) is 18.5 Å². The molecule has 1 amide bonds. The molecule has 0 atom stereocenters. The smallest absolute Gasteiger partial charge is 0.229 e. The van der Waals surface area contributed by atoms with Gasteiger partial charge in [0.15, 0.2) is 5.82 Å². The molecular formula is C23H33N7O. The highest BCUT2D eigenvalue weighted by Gasteiger charge is 2.37. The van der Waals surface area contributed by atoms with Gasteiger partial charge in [-0.3, -0.25) is 9.69 Å². The summed E-state index contributed by atoms with van der Waals surface area (Å²) in [5, 5.41) is 4.51. The average molecular weight is 424 g/mol. The Morgan fingerprint density at radius 2 is 1.65 bits per heavy atom. The van der Waals surface area contributed by atoms with E-state index in [0.29, 0.717) is 5.91 Å². The summed E-state index contributed by atoms with van der Waals surface area (Å²) in [6, 6.07) is 4.75. The zero-order valence-electron chi connectivity index (χ0n) is 18.7. The van der Waals surface area contributed by atoms with Gasteiger partial charge in [0.25, 0.3) is 0 Å². The molecule has 3 fully saturated rings. The molecule has 166 valence electrons. The number of amides is 1. The van der Waals surface area contributed by atoms with E-state index in [1.54, 1.807) is 6.33 Å². The lowest BCUT2D eigenvalue weighted by Crippen LogP contribution is -2.59. The van der Waals surface area contributed by atoms with E-state index in [2.05, 4.69) is 29.8 Å². The second kappa shape index (κ2) is 8.57. The molecule has 8 nitrogen and oxygen atoms in total. The fourth-order valence-corrected chi connectivity index (χ4v) is 5.32. The van der Waals surface area contributed by atoms with Gasteiger partial charge in [-0.15, -0.1) is 0 Å². The number of anilines is 1. The summed E-state index contributed by atoms with van der Waals surface area (Å²) in [7, 11) is 0. The van der Waals surface area contributed by atoms with Crippen LogP contribution >= 0.6 is 0 Å². The maximum atomic E-state index is 13.0. The number of carbonyl (C=O) groups excluding carboxylic acids is 1. The Balaban J connectivity index is 1.15. The van der Waals surface area contributed by atoms with Crippen molar-refractivity contribution in [1.29, 1.82) is 0 Å². The predicted molar refractivity (Wildman–Crippen MR) is 119 cm³/mol. The summed E-state index contributed by atoms with van der Waals surface area (Å²) in [6.45, 7) is 9.28. The van der Waals surface area contributed by atoms with Crippen molar-refractivity contribution in [2.45, 2.75) is 52.0 Å². The molecule has 0 N–H and O–H groups in total. The van der Waals surface area contributed by atoms with Gasteiger partial charge in [-0.25, -0.2) is 14.6 Å². The van der Waals surface area contributed by atoms with E-state index in [0.717, 1.165) is 68.3 Å². The standard InChI is InChI=1S/C23H33N7O/c1-17-12-18(2)30(26-17)22-13-21(24-16-25-22)29-14-19(15-29)23(31)28-10-8-27(9-11-28)20-6-4-3-5-7-20/h12-13,16,19-20H,3-11,14-15H2,1-2H3. The van der Waals surface area contributed by atoms with Crippen LogP contribution in [-0.4, -0.2) is 80.8 Å². The first-order valence-corrected chi connectivity index (χ1v) is 11.7. The predicted octanol–water partition coefficient (Wildman–Crippen LogP) is 2.19. The summed E-state index contributed by atoms with van der Waals surface area (Å²) >= 11 is 0. The zero-order valence-corrected chi connectivity index (χ0v) is 18.7. The van der Waals surface area contributed by atoms with Crippen molar-refractivity contribution in [3.63, 3.8) is 0 Å². The molecule has 31 heavy (non-hydrogen) atoms. The van der Waals surface area contributed by atoms with Crippen molar-refractivity contribution in [3.05, 3.63) is 29.8 Å². The molecule has 0 aromatic carbocycles. The lowest BCUT2D eigenvalue weighted by molar-refractivity contribution is -0.138. The fraction of sp³-hybridized carbons (Fsp3) is 0.652. The average Bonchev–Trinajstić information content (AvgIpc) is 3.11. The first-order chi connectivity index (χ1) is 15.1. The van der Waals surface area contributed by atoms with Gasteiger partial charge in [-0.05, 0) is 32.8 Å². The maximum Gasteiger partial charge on any atom is 0.229 e. The largest absolute Gasteiger partial charge is 0.355 e. The number of hydrogen-bond acceptors (Lipinski definition) is 6. The fourth-order valence-electron chi connectivity index (χ4n) is 5.32. The van der Waals surface area contributed by atoms with Crippen LogP contribution in [0.3, 0.4) is 0 Å². The lowest BCUT2D eigenvalue weighted by Gasteiger charge is -2.45. The van der Waals surface area contributed by atoms with Crippen molar-refractivity contribution < 1.29 is 4.79 Å². The minimum absolute atomic E-state index is 0.0772. The van der Waals surface area contributed by atoms with Crippen LogP contribution in [0.1, 0.15) is 43.5 Å². The molecule has 0 spiro atoms. The maximum absolute atomic E-state index is 13.0. The molecule has 0 unspecified atom stereocenters. The Kier molecular flexibility index (Phi) is 5.65. The third kappa shape index (κ3) is 4.18. The van der Waals surface area contributed by atoms with Crippen LogP contribution in [-0.2, 0) is 4.79 Å². The Labute approximate surface area is 184 Å². The highest BCUT2D eigenvalue weighted by molar-refractivity contribution is 5.82. The number of hydrogen-bond donors (Lipinski definition) is 0. The highest BCUT2D eigenvalue weighted by Crippen LogP contribution is 2.27. The summed E-state index contributed by atoms with van der Waals surface area (Å²) < 4.78 is 1.84. The van der Waals surface area contributed by atoms with Crippen LogP contribution < -0.4 is 4.90 Å². The summed E-state index contributed by atoms with van der Waals surface area (Å²) in [6.07, 6.45) is 8.38. The molecule has 2 aromatic rings. The normalized spacial score (nSPS) is 21.4. The zero-order chi connectivity index (χ0) is 21.4. The Morgan fingerprint density at radius 1 is 0.935 bits per heavy atom. The van der Waals surface area contributed by atoms with E-state index in [1.807, 2.05) is 30.7 Å². The SMILES string of the molecule is Cc1cc(C)n(-c2cc(N3CC(C(=O)N4CCN(C5CCCCC5)CC4)C3)ncn2)n1. The third-order valence-electron chi connectivity index (χ3n) is 7.14. The number of aromatic nitrogens is 4. The van der Waals surface area contributed by atoms with Crippen molar-refractivity contribution in [1.82, 2.24) is 29.5 Å². The first-order valence-electron chi connectivity index (χ1n) is 11.7. The summed E-state index contributed by atoms with van der Waals surface area (Å²) in [4.78, 5) is 28.7. The van der Waals surface area contributed by atoms with Gasteiger partial charge >= 0.3 is 0 Å². The van der Waals surface area contributed by atoms with Crippen molar-refractivity contribution in [2.24, 2.45) is 5.92 Å². The molecular weight excluding hydrogens is 390 g/mol. The van der Waals surface area contributed by atoms with Gasteiger partial charge in [0, 0.05) is 57.1 Å². The van der Waals surface area contributed by atoms with Crippen LogP contribution in [0.2, 0.25) is 0 Å². The Morgan fingerprint density at radius 3 is 2.32 bits per heavy atom. The number of piperazine rings is 1. The molecule has 0 bridgehead atoms. The third-order valence-corrected chi connectivity index (χ3v) is 7.14. The molecule has 2 aliphatic heterocycles. The van der Waals surface area contributed by atoms with E-state index in [-0.39, 0.29) is 5.92 Å². The first kappa shape index (κ1) is 20.4.